The van der Waals surface area contributed by atoms with E-state index in [1.807, 2.05) is 29.2 Å². The van der Waals surface area contributed by atoms with Gasteiger partial charge in [0.15, 0.2) is 0 Å². The minimum atomic E-state index is -2.67. The molecule has 1 amide bonds. The van der Waals surface area contributed by atoms with E-state index in [-0.39, 0.29) is 50.4 Å². The largest absolute Gasteiger partial charge is 0.467 e. The van der Waals surface area contributed by atoms with Crippen molar-refractivity contribution in [3.63, 3.8) is 0 Å². The lowest BCUT2D eigenvalue weighted by atomic mass is 10.0. The van der Waals surface area contributed by atoms with Crippen LogP contribution in [0.4, 0.5) is 14.6 Å². The van der Waals surface area contributed by atoms with Gasteiger partial charge in [0.1, 0.15) is 5.82 Å². The number of ether oxygens (including phenoxy) is 2. The summed E-state index contributed by atoms with van der Waals surface area (Å²) in [7, 11) is 1.47. The number of carbonyl (C=O) groups is 1. The molecule has 1 unspecified atom stereocenters. The molecule has 3 aromatic rings. The number of likely N-dealkylation sites (tertiary alicyclic amines) is 1. The molecule has 0 bridgehead atoms. The predicted molar refractivity (Wildman–Crippen MR) is 134 cm³/mol. The summed E-state index contributed by atoms with van der Waals surface area (Å²) >= 11 is 0. The van der Waals surface area contributed by atoms with Crippen LogP contribution in [0.2, 0.25) is 0 Å². The maximum atomic E-state index is 13.8. The van der Waals surface area contributed by atoms with Gasteiger partial charge in [-0.1, -0.05) is 6.07 Å². The van der Waals surface area contributed by atoms with E-state index in [9.17, 15) is 13.6 Å². The maximum absolute atomic E-state index is 13.8. The van der Waals surface area contributed by atoms with Gasteiger partial charge >= 0.3 is 6.01 Å². The summed E-state index contributed by atoms with van der Waals surface area (Å²) in [5.74, 6) is -2.07. The highest BCUT2D eigenvalue weighted by Gasteiger charge is 2.37. The standard InChI is InChI=1S/C26H30F2N6O3/c1-36-25-30-15-18(16-31-25)22(33-9-7-26(27,28)8-10-33)17-29-24(35)20-3-2-4-21-19(20)5-6-23(32-21)34-11-13-37-14-12-34/h2-6,15-16,22H,7-14,17H2,1H3,(H,29,35). The molecule has 5 rings (SSSR count). The zero-order valence-corrected chi connectivity index (χ0v) is 20.7. The molecular formula is C26H30F2N6O3. The van der Waals surface area contributed by atoms with Gasteiger partial charge in [-0.25, -0.2) is 23.7 Å². The van der Waals surface area contributed by atoms with Crippen molar-refractivity contribution in [2.24, 2.45) is 0 Å². The summed E-state index contributed by atoms with van der Waals surface area (Å²) in [5, 5.41) is 3.75. The summed E-state index contributed by atoms with van der Waals surface area (Å²) in [4.78, 5) is 30.5. The molecule has 11 heteroatoms. The van der Waals surface area contributed by atoms with Crippen LogP contribution in [-0.2, 0) is 4.74 Å². The Hall–Kier alpha value is -3.44. The number of carbonyl (C=O) groups excluding carboxylic acids is 1. The molecule has 4 heterocycles. The fraction of sp³-hybridized carbons (Fsp3) is 0.462. The second-order valence-corrected chi connectivity index (χ2v) is 9.26. The molecule has 2 aliphatic heterocycles. The number of aromatic nitrogens is 3. The number of hydrogen-bond donors (Lipinski definition) is 1. The summed E-state index contributed by atoms with van der Waals surface area (Å²) in [6.45, 7) is 3.52. The first-order chi connectivity index (χ1) is 17.9. The Morgan fingerprint density at radius 1 is 1.11 bits per heavy atom. The molecule has 9 nitrogen and oxygen atoms in total. The zero-order chi connectivity index (χ0) is 25.8. The lowest BCUT2D eigenvalue weighted by molar-refractivity contribution is -0.0632. The number of hydrogen-bond acceptors (Lipinski definition) is 8. The van der Waals surface area contributed by atoms with Crippen LogP contribution < -0.4 is 15.0 Å². The highest BCUT2D eigenvalue weighted by Crippen LogP contribution is 2.32. The first kappa shape index (κ1) is 25.2. The van der Waals surface area contributed by atoms with Gasteiger partial charge in [-0.15, -0.1) is 0 Å². The van der Waals surface area contributed by atoms with E-state index in [1.165, 1.54) is 7.11 Å². The second-order valence-electron chi connectivity index (χ2n) is 9.26. The van der Waals surface area contributed by atoms with E-state index in [1.54, 1.807) is 18.5 Å². The summed E-state index contributed by atoms with van der Waals surface area (Å²) < 4.78 is 38.1. The van der Waals surface area contributed by atoms with E-state index in [4.69, 9.17) is 14.5 Å². The summed E-state index contributed by atoms with van der Waals surface area (Å²) in [5.41, 5.74) is 1.96. The Balaban J connectivity index is 1.34. The van der Waals surface area contributed by atoms with Crippen molar-refractivity contribution < 1.29 is 23.0 Å². The third-order valence-corrected chi connectivity index (χ3v) is 6.94. The SMILES string of the molecule is COc1ncc(C(CNC(=O)c2cccc3nc(N4CCOCC4)ccc23)N2CCC(F)(F)CC2)cn1. The molecule has 2 aromatic heterocycles. The van der Waals surface area contributed by atoms with E-state index in [0.717, 1.165) is 35.4 Å². The number of morpholine rings is 1. The first-order valence-corrected chi connectivity index (χ1v) is 12.4. The van der Waals surface area contributed by atoms with Crippen LogP contribution in [0.15, 0.2) is 42.7 Å². The average Bonchev–Trinajstić information content (AvgIpc) is 2.94. The van der Waals surface area contributed by atoms with Gasteiger partial charge in [0.05, 0.1) is 31.9 Å². The number of alkyl halides is 2. The molecule has 1 atom stereocenters. The third kappa shape index (κ3) is 5.78. The number of amides is 1. The first-order valence-electron chi connectivity index (χ1n) is 12.4. The molecule has 0 radical (unpaired) electrons. The Labute approximate surface area is 213 Å². The molecule has 2 fully saturated rings. The number of benzene rings is 1. The molecule has 2 aliphatic rings. The Morgan fingerprint density at radius 3 is 2.54 bits per heavy atom. The molecule has 2 saturated heterocycles. The van der Waals surface area contributed by atoms with E-state index < -0.39 is 5.92 Å². The number of anilines is 1. The van der Waals surface area contributed by atoms with Crippen molar-refractivity contribution in [2.75, 3.05) is 57.9 Å². The molecule has 196 valence electrons. The van der Waals surface area contributed by atoms with Crippen molar-refractivity contribution in [3.8, 4) is 6.01 Å². The smallest absolute Gasteiger partial charge is 0.316 e. The van der Waals surface area contributed by atoms with Gasteiger partial charge in [-0.2, -0.15) is 0 Å². The molecule has 37 heavy (non-hydrogen) atoms. The van der Waals surface area contributed by atoms with Crippen molar-refractivity contribution >= 4 is 22.6 Å². The molecular weight excluding hydrogens is 482 g/mol. The quantitative estimate of drug-likeness (QED) is 0.517. The number of piperidine rings is 1. The normalized spacial score (nSPS) is 18.9. The highest BCUT2D eigenvalue weighted by molar-refractivity contribution is 6.06. The Morgan fingerprint density at radius 2 is 1.84 bits per heavy atom. The van der Waals surface area contributed by atoms with E-state index in [2.05, 4.69) is 20.2 Å². The van der Waals surface area contributed by atoms with Crippen LogP contribution in [0.1, 0.15) is 34.8 Å². The number of halogens is 2. The fourth-order valence-corrected chi connectivity index (χ4v) is 4.82. The van der Waals surface area contributed by atoms with Crippen LogP contribution in [0.3, 0.4) is 0 Å². The van der Waals surface area contributed by atoms with Gasteiger partial charge in [0.25, 0.3) is 11.8 Å². The Bertz CT molecular complexity index is 1230. The van der Waals surface area contributed by atoms with Crippen LogP contribution in [0.5, 0.6) is 6.01 Å². The Kier molecular flexibility index (Phi) is 7.43. The number of rotatable bonds is 7. The van der Waals surface area contributed by atoms with Gasteiger partial charge in [-0.05, 0) is 24.3 Å². The number of nitrogens with zero attached hydrogens (tertiary/aromatic N) is 5. The van der Waals surface area contributed by atoms with Crippen LogP contribution in [-0.4, -0.2) is 84.7 Å². The predicted octanol–water partition coefficient (Wildman–Crippen LogP) is 3.07. The molecule has 1 aromatic carbocycles. The van der Waals surface area contributed by atoms with Crippen molar-refractivity contribution in [1.29, 1.82) is 0 Å². The summed E-state index contributed by atoms with van der Waals surface area (Å²) in [6, 6.07) is 9.18. The lowest BCUT2D eigenvalue weighted by Crippen LogP contribution is -2.45. The molecule has 1 N–H and O–H groups in total. The summed E-state index contributed by atoms with van der Waals surface area (Å²) in [6.07, 6.45) is 2.78. The maximum Gasteiger partial charge on any atom is 0.316 e. The topological polar surface area (TPSA) is 92.7 Å². The molecule has 0 aliphatic carbocycles. The van der Waals surface area contributed by atoms with Crippen molar-refractivity contribution in [1.82, 2.24) is 25.2 Å². The number of pyridine rings is 1. The van der Waals surface area contributed by atoms with Crippen LogP contribution in [0.25, 0.3) is 10.9 Å². The van der Waals surface area contributed by atoms with Crippen molar-refractivity contribution in [2.45, 2.75) is 24.8 Å². The van der Waals surface area contributed by atoms with E-state index >= 15 is 0 Å². The van der Waals surface area contributed by atoms with Crippen LogP contribution in [0, 0.1) is 0 Å². The molecule has 0 saturated carbocycles. The highest BCUT2D eigenvalue weighted by atomic mass is 19.3. The monoisotopic (exact) mass is 512 g/mol. The second kappa shape index (κ2) is 10.9. The van der Waals surface area contributed by atoms with Gasteiger partial charge in [0.2, 0.25) is 0 Å². The van der Waals surface area contributed by atoms with Gasteiger partial charge in [-0.3, -0.25) is 9.69 Å². The van der Waals surface area contributed by atoms with Gasteiger partial charge in [0, 0.05) is 74.5 Å². The average molecular weight is 513 g/mol. The van der Waals surface area contributed by atoms with Gasteiger partial charge < -0.3 is 19.7 Å². The minimum absolute atomic E-state index is 0.210. The van der Waals surface area contributed by atoms with Crippen molar-refractivity contribution in [3.05, 3.63) is 53.9 Å². The van der Waals surface area contributed by atoms with Crippen LogP contribution >= 0.6 is 0 Å². The minimum Gasteiger partial charge on any atom is -0.467 e. The fourth-order valence-electron chi connectivity index (χ4n) is 4.82. The molecule has 0 spiro atoms. The number of methoxy groups -OCH3 is 1. The third-order valence-electron chi connectivity index (χ3n) is 6.94. The van der Waals surface area contributed by atoms with E-state index in [0.29, 0.717) is 18.8 Å². The number of fused-ring (bicyclic) bond motifs is 1. The lowest BCUT2D eigenvalue weighted by Gasteiger charge is -2.37. The number of nitrogens with one attached hydrogen (secondary N) is 1. The zero-order valence-electron chi connectivity index (χ0n) is 20.7.